The molecule has 2 heterocycles. The van der Waals surface area contributed by atoms with Crippen LogP contribution in [0.5, 0.6) is 0 Å². The Balaban J connectivity index is 1.43. The molecule has 236 valence electrons. The Morgan fingerprint density at radius 1 is 0.886 bits per heavy atom. The largest absolute Gasteiger partial charge is 0.371 e. The van der Waals surface area contributed by atoms with Gasteiger partial charge in [0.1, 0.15) is 0 Å². The maximum absolute atomic E-state index is 13.8. The van der Waals surface area contributed by atoms with Gasteiger partial charge in [-0.05, 0) is 132 Å². The molecule has 2 N–H and O–H groups in total. The van der Waals surface area contributed by atoms with E-state index in [-0.39, 0.29) is 18.0 Å². The topological polar surface area (TPSA) is 71.7 Å². The third kappa shape index (κ3) is 7.44. The van der Waals surface area contributed by atoms with Crippen molar-refractivity contribution < 1.29 is 4.79 Å². The summed E-state index contributed by atoms with van der Waals surface area (Å²) in [5.74, 6) is -0.156. The summed E-state index contributed by atoms with van der Waals surface area (Å²) in [6, 6.07) is 16.2. The number of nitrogens with one attached hydrogen (secondary N) is 2. The van der Waals surface area contributed by atoms with Crippen molar-refractivity contribution in [3.63, 3.8) is 0 Å². The van der Waals surface area contributed by atoms with Crippen LogP contribution in [-0.2, 0) is 13.1 Å². The molecule has 7 heteroatoms. The number of anilines is 1. The van der Waals surface area contributed by atoms with Crippen molar-refractivity contribution in [2.24, 2.45) is 0 Å². The minimum atomic E-state index is -0.156. The highest BCUT2D eigenvalue weighted by Crippen LogP contribution is 2.35. The Morgan fingerprint density at radius 3 is 2.18 bits per heavy atom. The maximum atomic E-state index is 13.8. The van der Waals surface area contributed by atoms with E-state index >= 15 is 0 Å². The summed E-state index contributed by atoms with van der Waals surface area (Å²) in [4.78, 5) is 36.6. The van der Waals surface area contributed by atoms with Crippen LogP contribution >= 0.6 is 0 Å². The summed E-state index contributed by atoms with van der Waals surface area (Å²) >= 11 is 0. The number of aromatic amines is 1. The van der Waals surface area contributed by atoms with E-state index in [4.69, 9.17) is 0 Å². The molecule has 1 amide bonds. The fourth-order valence-electron chi connectivity index (χ4n) is 7.17. The van der Waals surface area contributed by atoms with E-state index in [2.05, 4.69) is 83.4 Å². The number of piperidine rings is 1. The lowest BCUT2D eigenvalue weighted by atomic mass is 9.88. The predicted molar refractivity (Wildman–Crippen MR) is 182 cm³/mol. The minimum Gasteiger partial charge on any atom is -0.371 e. The number of carbonyl (C=O) groups is 1. The second-order valence-corrected chi connectivity index (χ2v) is 13.4. The smallest absolute Gasteiger partial charge is 0.253 e. The summed E-state index contributed by atoms with van der Waals surface area (Å²) in [6.07, 6.45) is 8.53. The number of carbonyl (C=O) groups excluding carboxylic acids is 1. The van der Waals surface area contributed by atoms with Crippen LogP contribution in [0.1, 0.15) is 83.3 Å². The van der Waals surface area contributed by atoms with Crippen LogP contribution in [-0.4, -0.2) is 67.0 Å². The molecule has 2 aromatic carbocycles. The van der Waals surface area contributed by atoms with Crippen molar-refractivity contribution in [3.8, 4) is 11.1 Å². The first kappa shape index (κ1) is 32.0. The van der Waals surface area contributed by atoms with Gasteiger partial charge in [-0.25, -0.2) is 0 Å². The number of benzene rings is 2. The van der Waals surface area contributed by atoms with Gasteiger partial charge in [-0.2, -0.15) is 0 Å². The van der Waals surface area contributed by atoms with Crippen LogP contribution in [0.4, 0.5) is 5.69 Å². The molecule has 44 heavy (non-hydrogen) atoms. The van der Waals surface area contributed by atoms with Crippen LogP contribution in [0, 0.1) is 20.8 Å². The van der Waals surface area contributed by atoms with E-state index in [1.807, 2.05) is 26.0 Å². The lowest BCUT2D eigenvalue weighted by molar-refractivity contribution is 0.0950. The minimum absolute atomic E-state index is 0.147. The molecule has 0 bridgehead atoms. The maximum Gasteiger partial charge on any atom is 0.253 e. The predicted octanol–water partition coefficient (Wildman–Crippen LogP) is 6.19. The first-order valence-electron chi connectivity index (χ1n) is 16.4. The molecule has 1 aliphatic heterocycles. The lowest BCUT2D eigenvalue weighted by Gasteiger charge is -2.39. The fraction of sp³-hybridized carbons (Fsp3) is 0.514. The van der Waals surface area contributed by atoms with E-state index < -0.39 is 0 Å². The van der Waals surface area contributed by atoms with Crippen molar-refractivity contribution in [1.29, 1.82) is 0 Å². The molecule has 1 aromatic heterocycles. The van der Waals surface area contributed by atoms with Crippen LogP contribution < -0.4 is 15.8 Å². The van der Waals surface area contributed by atoms with Gasteiger partial charge in [0.05, 0.1) is 0 Å². The Kier molecular flexibility index (Phi) is 10.3. The highest BCUT2D eigenvalue weighted by Gasteiger charge is 2.27. The van der Waals surface area contributed by atoms with E-state index in [1.54, 1.807) is 0 Å². The quantitative estimate of drug-likeness (QED) is 0.308. The molecule has 2 fully saturated rings. The standard InChI is InChI=1S/C37H51N5O2/c1-25-20-26(2)39-37(44)34(25)23-38-36(43)33-21-30(29-12-10-28(11-13-29)24-42-18-8-7-9-19-42)22-35(27(33)3)41(6)32-16-14-31(15-17-32)40(4)5/h10-13,20-22,31-32H,7-9,14-19,23-24H2,1-6H3,(H,38,43)(H,39,44). The third-order valence-electron chi connectivity index (χ3n) is 10.0. The molecule has 0 radical (unpaired) electrons. The fourth-order valence-corrected chi connectivity index (χ4v) is 7.17. The number of likely N-dealkylation sites (tertiary alicyclic amines) is 1. The zero-order valence-electron chi connectivity index (χ0n) is 27.6. The molecule has 1 saturated heterocycles. The van der Waals surface area contributed by atoms with E-state index in [9.17, 15) is 9.59 Å². The number of rotatable bonds is 9. The van der Waals surface area contributed by atoms with E-state index in [0.717, 1.165) is 53.0 Å². The van der Waals surface area contributed by atoms with Gasteiger partial charge in [-0.15, -0.1) is 0 Å². The Morgan fingerprint density at radius 2 is 1.55 bits per heavy atom. The Labute approximate surface area is 263 Å². The van der Waals surface area contributed by atoms with Crippen LogP contribution in [0.3, 0.4) is 0 Å². The van der Waals surface area contributed by atoms with Crippen molar-refractivity contribution in [2.45, 2.75) is 90.9 Å². The number of nitrogens with zero attached hydrogens (tertiary/aromatic N) is 3. The highest BCUT2D eigenvalue weighted by atomic mass is 16.1. The number of hydrogen-bond acceptors (Lipinski definition) is 5. The van der Waals surface area contributed by atoms with Gasteiger partial charge in [-0.3, -0.25) is 14.5 Å². The van der Waals surface area contributed by atoms with Gasteiger partial charge in [0.2, 0.25) is 0 Å². The molecule has 5 rings (SSSR count). The lowest BCUT2D eigenvalue weighted by Crippen LogP contribution is -2.40. The van der Waals surface area contributed by atoms with Crippen molar-refractivity contribution in [1.82, 2.24) is 20.1 Å². The number of amides is 1. The van der Waals surface area contributed by atoms with E-state index in [1.165, 1.54) is 50.8 Å². The van der Waals surface area contributed by atoms with Crippen molar-refractivity contribution in [3.05, 3.63) is 86.3 Å². The second kappa shape index (κ2) is 14.1. The summed E-state index contributed by atoms with van der Waals surface area (Å²) in [5.41, 5.74) is 8.36. The molecule has 1 aliphatic carbocycles. The van der Waals surface area contributed by atoms with Crippen molar-refractivity contribution in [2.75, 3.05) is 39.1 Å². The molecule has 0 atom stereocenters. The van der Waals surface area contributed by atoms with Gasteiger partial charge in [0.25, 0.3) is 11.5 Å². The second-order valence-electron chi connectivity index (χ2n) is 13.4. The Bertz CT molecular complexity index is 1500. The number of hydrogen-bond donors (Lipinski definition) is 2. The molecule has 3 aromatic rings. The monoisotopic (exact) mass is 597 g/mol. The average Bonchev–Trinajstić information content (AvgIpc) is 3.01. The molecule has 0 unspecified atom stereocenters. The van der Waals surface area contributed by atoms with Crippen LogP contribution in [0.2, 0.25) is 0 Å². The molecule has 7 nitrogen and oxygen atoms in total. The molecular weight excluding hydrogens is 546 g/mol. The van der Waals surface area contributed by atoms with Crippen LogP contribution in [0.15, 0.2) is 47.3 Å². The van der Waals surface area contributed by atoms with Gasteiger partial charge in [0.15, 0.2) is 0 Å². The summed E-state index contributed by atoms with van der Waals surface area (Å²) in [5, 5.41) is 3.07. The number of aromatic nitrogens is 1. The highest BCUT2D eigenvalue weighted by molar-refractivity contribution is 5.99. The first-order chi connectivity index (χ1) is 21.1. The van der Waals surface area contributed by atoms with E-state index in [0.29, 0.717) is 23.2 Å². The normalized spacial score (nSPS) is 19.2. The van der Waals surface area contributed by atoms with Gasteiger partial charge in [0, 0.05) is 54.7 Å². The van der Waals surface area contributed by atoms with Gasteiger partial charge in [-0.1, -0.05) is 30.7 Å². The summed E-state index contributed by atoms with van der Waals surface area (Å²) in [6.45, 7) is 9.38. The first-order valence-corrected chi connectivity index (χ1v) is 16.4. The average molecular weight is 598 g/mol. The zero-order chi connectivity index (χ0) is 31.4. The SMILES string of the molecule is Cc1cc(C)c(CNC(=O)c2cc(-c3ccc(CN4CCCCC4)cc3)cc(N(C)C3CCC(N(C)C)CC3)c2C)c(=O)[nH]1. The number of aryl methyl sites for hydroxylation is 2. The Hall–Kier alpha value is -3.42. The summed E-state index contributed by atoms with van der Waals surface area (Å²) in [7, 11) is 6.54. The van der Waals surface area contributed by atoms with Crippen molar-refractivity contribution >= 4 is 11.6 Å². The number of H-pyrrole nitrogens is 1. The van der Waals surface area contributed by atoms with Gasteiger partial charge >= 0.3 is 0 Å². The third-order valence-corrected chi connectivity index (χ3v) is 10.0. The van der Waals surface area contributed by atoms with Crippen LogP contribution in [0.25, 0.3) is 11.1 Å². The molecule has 0 spiro atoms. The zero-order valence-corrected chi connectivity index (χ0v) is 27.6. The molecular formula is C37H51N5O2. The number of pyridine rings is 1. The molecule has 1 saturated carbocycles. The summed E-state index contributed by atoms with van der Waals surface area (Å²) < 4.78 is 0. The van der Waals surface area contributed by atoms with Gasteiger partial charge < -0.3 is 20.1 Å². The molecule has 2 aliphatic rings.